The number of aliphatic hydroxyl groups is 1. The van der Waals surface area contributed by atoms with Crippen LogP contribution in [0.1, 0.15) is 20.3 Å². The van der Waals surface area contributed by atoms with Crippen LogP contribution in [0.4, 0.5) is 15.9 Å². The summed E-state index contributed by atoms with van der Waals surface area (Å²) in [5, 5.41) is 9.38. The molecule has 0 unspecified atom stereocenters. The van der Waals surface area contributed by atoms with Crippen molar-refractivity contribution in [2.24, 2.45) is 0 Å². The van der Waals surface area contributed by atoms with Crippen molar-refractivity contribution in [1.29, 1.82) is 0 Å². The Morgan fingerprint density at radius 1 is 0.975 bits per heavy atom. The first-order chi connectivity index (χ1) is 19.1. The van der Waals surface area contributed by atoms with E-state index in [-0.39, 0.29) is 27.9 Å². The zero-order valence-corrected chi connectivity index (χ0v) is 23.8. The minimum atomic E-state index is -4.01. The van der Waals surface area contributed by atoms with Crippen LogP contribution in [0, 0.1) is 5.82 Å². The van der Waals surface area contributed by atoms with Gasteiger partial charge in [0.05, 0.1) is 27.8 Å². The zero-order valence-electron chi connectivity index (χ0n) is 22.2. The van der Waals surface area contributed by atoms with Gasteiger partial charge in [0, 0.05) is 50.1 Å². The summed E-state index contributed by atoms with van der Waals surface area (Å²) in [6.45, 7) is 7.79. The van der Waals surface area contributed by atoms with E-state index in [0.717, 1.165) is 61.6 Å². The average molecular weight is 585 g/mol. The Labute approximate surface area is 237 Å². The number of nitrogens with one attached hydrogen (secondary N) is 1. The fraction of sp³-hybridized carbons (Fsp3) is 0.321. The molecule has 210 valence electrons. The van der Waals surface area contributed by atoms with Crippen LogP contribution in [0.25, 0.3) is 22.2 Å². The van der Waals surface area contributed by atoms with Crippen LogP contribution in [0.15, 0.2) is 65.8 Å². The predicted octanol–water partition coefficient (Wildman–Crippen LogP) is 4.57. The molecule has 2 aromatic carbocycles. The number of sulfonamides is 1. The number of hydrogen-bond acceptors (Lipinski definition) is 8. The highest BCUT2D eigenvalue weighted by molar-refractivity contribution is 7.92. The molecule has 9 nitrogen and oxygen atoms in total. The molecule has 12 heteroatoms. The molecule has 4 aromatic rings. The highest BCUT2D eigenvalue weighted by Gasteiger charge is 2.30. The lowest BCUT2D eigenvalue weighted by Crippen LogP contribution is -2.55. The summed E-state index contributed by atoms with van der Waals surface area (Å²) >= 11 is 6.22. The lowest BCUT2D eigenvalue weighted by atomic mass is 9.97. The van der Waals surface area contributed by atoms with Crippen molar-refractivity contribution in [2.45, 2.75) is 30.7 Å². The van der Waals surface area contributed by atoms with E-state index in [9.17, 15) is 17.9 Å². The van der Waals surface area contributed by atoms with Gasteiger partial charge in [-0.1, -0.05) is 17.7 Å². The molecule has 0 bridgehead atoms. The molecule has 1 aliphatic heterocycles. The Morgan fingerprint density at radius 3 is 2.40 bits per heavy atom. The summed E-state index contributed by atoms with van der Waals surface area (Å²) in [7, 11) is -4.01. The van der Waals surface area contributed by atoms with E-state index in [1.807, 2.05) is 18.2 Å². The largest absolute Gasteiger partial charge is 0.396 e. The SMILES string of the molecule is CC(C)(CCO)N1CCN(c2cnc3ccc(-c4cnc(Cl)c(NS(=O)(=O)c5ccc(F)cc5)c4)cc3n2)CC1. The highest BCUT2D eigenvalue weighted by atomic mass is 35.5. The van der Waals surface area contributed by atoms with Gasteiger partial charge in [-0.15, -0.1) is 0 Å². The van der Waals surface area contributed by atoms with Crippen molar-refractivity contribution in [3.8, 4) is 11.1 Å². The maximum atomic E-state index is 13.3. The number of halogens is 2. The number of benzene rings is 2. The Hall–Kier alpha value is -3.38. The molecule has 5 rings (SSSR count). The molecule has 1 fully saturated rings. The van der Waals surface area contributed by atoms with Gasteiger partial charge in [0.1, 0.15) is 11.6 Å². The van der Waals surface area contributed by atoms with Crippen LogP contribution in [-0.4, -0.2) is 71.7 Å². The highest BCUT2D eigenvalue weighted by Crippen LogP contribution is 2.30. The second-order valence-corrected chi connectivity index (χ2v) is 12.4. The third kappa shape index (κ3) is 6.02. The average Bonchev–Trinajstić information content (AvgIpc) is 2.94. The molecule has 0 spiro atoms. The summed E-state index contributed by atoms with van der Waals surface area (Å²) < 4.78 is 41.4. The van der Waals surface area contributed by atoms with Crippen molar-refractivity contribution in [3.05, 3.63) is 71.9 Å². The number of aromatic nitrogens is 3. The first-order valence-electron chi connectivity index (χ1n) is 12.9. The van der Waals surface area contributed by atoms with Crippen LogP contribution >= 0.6 is 11.6 Å². The second kappa shape index (κ2) is 11.2. The van der Waals surface area contributed by atoms with Crippen molar-refractivity contribution in [3.63, 3.8) is 0 Å². The van der Waals surface area contributed by atoms with Crippen LogP contribution in [0.2, 0.25) is 5.15 Å². The molecule has 1 saturated heterocycles. The number of piperazine rings is 1. The summed E-state index contributed by atoms with van der Waals surface area (Å²) in [5.41, 5.74) is 2.86. The zero-order chi connectivity index (χ0) is 28.5. The van der Waals surface area contributed by atoms with Gasteiger partial charge in [-0.2, -0.15) is 0 Å². The Morgan fingerprint density at radius 2 is 1.70 bits per heavy atom. The van der Waals surface area contributed by atoms with Gasteiger partial charge in [0.2, 0.25) is 0 Å². The molecule has 2 aromatic heterocycles. The van der Waals surface area contributed by atoms with Gasteiger partial charge in [0.15, 0.2) is 5.15 Å². The van der Waals surface area contributed by atoms with E-state index in [2.05, 4.69) is 38.3 Å². The summed E-state index contributed by atoms with van der Waals surface area (Å²) in [5.74, 6) is 0.249. The van der Waals surface area contributed by atoms with Crippen molar-refractivity contribution in [1.82, 2.24) is 19.9 Å². The normalized spacial score (nSPS) is 15.0. The standard InChI is InChI=1S/C28H30ClFN6O3S/c1-28(2,9-14-37)36-12-10-35(11-13-36)26-18-31-23-8-3-19(15-24(23)33-26)20-16-25(27(29)32-17-20)34-40(38,39)22-6-4-21(30)5-7-22/h3-8,15-18,34,37H,9-14H2,1-2H3. The van der Waals surface area contributed by atoms with Gasteiger partial charge < -0.3 is 10.0 Å². The monoisotopic (exact) mass is 584 g/mol. The molecule has 1 aliphatic rings. The van der Waals surface area contributed by atoms with Gasteiger partial charge in [-0.05, 0) is 68.3 Å². The summed E-state index contributed by atoms with van der Waals surface area (Å²) in [4.78, 5) is 18.1. The third-order valence-corrected chi connectivity index (χ3v) is 8.94. The molecule has 40 heavy (non-hydrogen) atoms. The molecule has 3 heterocycles. The van der Waals surface area contributed by atoms with E-state index in [1.165, 1.54) is 12.1 Å². The Kier molecular flexibility index (Phi) is 7.92. The molecule has 0 aliphatic carbocycles. The van der Waals surface area contributed by atoms with E-state index >= 15 is 0 Å². The second-order valence-electron chi connectivity index (χ2n) is 10.3. The van der Waals surface area contributed by atoms with Crippen LogP contribution in [0.5, 0.6) is 0 Å². The fourth-order valence-electron chi connectivity index (χ4n) is 4.80. The Balaban J connectivity index is 1.37. The lowest BCUT2D eigenvalue weighted by Gasteiger charge is -2.44. The van der Waals surface area contributed by atoms with Gasteiger partial charge in [0.25, 0.3) is 10.0 Å². The molecule has 0 radical (unpaired) electrons. The topological polar surface area (TPSA) is 112 Å². The number of fused-ring (bicyclic) bond motifs is 1. The minimum Gasteiger partial charge on any atom is -0.396 e. The summed E-state index contributed by atoms with van der Waals surface area (Å²) in [6.07, 6.45) is 4.06. The number of hydrogen-bond donors (Lipinski definition) is 2. The Bertz CT molecular complexity index is 1630. The first-order valence-corrected chi connectivity index (χ1v) is 14.7. The van der Waals surface area contributed by atoms with Crippen LogP contribution in [-0.2, 0) is 10.0 Å². The van der Waals surface area contributed by atoms with Crippen molar-refractivity contribution < 1.29 is 17.9 Å². The molecule has 0 saturated carbocycles. The van der Waals surface area contributed by atoms with E-state index in [0.29, 0.717) is 11.1 Å². The maximum Gasteiger partial charge on any atom is 0.261 e. The molecular weight excluding hydrogens is 555 g/mol. The van der Waals surface area contributed by atoms with Gasteiger partial charge >= 0.3 is 0 Å². The molecular formula is C28H30ClFN6O3S. The third-order valence-electron chi connectivity index (χ3n) is 7.25. The smallest absolute Gasteiger partial charge is 0.261 e. The summed E-state index contributed by atoms with van der Waals surface area (Å²) in [6, 6.07) is 11.7. The number of nitrogens with zero attached hydrogens (tertiary/aromatic N) is 5. The first kappa shape index (κ1) is 28.2. The van der Waals surface area contributed by atoms with Gasteiger partial charge in [-0.25, -0.2) is 22.8 Å². The maximum absolute atomic E-state index is 13.3. The quantitative estimate of drug-likeness (QED) is 0.290. The van der Waals surface area contributed by atoms with Crippen LogP contribution < -0.4 is 9.62 Å². The van der Waals surface area contributed by atoms with E-state index in [1.54, 1.807) is 18.5 Å². The van der Waals surface area contributed by atoms with Crippen molar-refractivity contribution >= 4 is 44.2 Å². The fourth-order valence-corrected chi connectivity index (χ4v) is 6.07. The minimum absolute atomic E-state index is 0.0152. The van der Waals surface area contributed by atoms with Crippen LogP contribution in [0.3, 0.4) is 0 Å². The molecule has 0 atom stereocenters. The number of anilines is 2. The van der Waals surface area contributed by atoms with E-state index < -0.39 is 15.8 Å². The van der Waals surface area contributed by atoms with E-state index in [4.69, 9.17) is 16.6 Å². The van der Waals surface area contributed by atoms with Gasteiger partial charge in [-0.3, -0.25) is 14.6 Å². The number of pyridine rings is 1. The predicted molar refractivity (Wildman–Crippen MR) is 155 cm³/mol. The number of rotatable bonds is 8. The number of aliphatic hydroxyl groups excluding tert-OH is 1. The molecule has 2 N–H and O–H groups in total. The van der Waals surface area contributed by atoms with Crippen molar-refractivity contribution in [2.75, 3.05) is 42.4 Å². The molecule has 0 amide bonds. The lowest BCUT2D eigenvalue weighted by molar-refractivity contribution is 0.0836.